The van der Waals surface area contributed by atoms with Crippen LogP contribution in [-0.2, 0) is 6.61 Å². The summed E-state index contributed by atoms with van der Waals surface area (Å²) in [7, 11) is 0. The molecule has 0 radical (unpaired) electrons. The van der Waals surface area contributed by atoms with E-state index in [4.69, 9.17) is 21.4 Å². The van der Waals surface area contributed by atoms with Crippen LogP contribution in [0.3, 0.4) is 0 Å². The summed E-state index contributed by atoms with van der Waals surface area (Å²) in [5.74, 6) is -0.351. The van der Waals surface area contributed by atoms with E-state index in [0.29, 0.717) is 17.5 Å². The van der Waals surface area contributed by atoms with Crippen molar-refractivity contribution in [2.75, 3.05) is 0 Å². The average Bonchev–Trinajstić information content (AvgIpc) is 2.37. The zero-order valence-electron chi connectivity index (χ0n) is 9.34. The fraction of sp³-hybridized carbons (Fsp3) is 0.0769. The summed E-state index contributed by atoms with van der Waals surface area (Å²) < 4.78 is 5.50. The third-order valence-corrected chi connectivity index (χ3v) is 2.50. The molecule has 0 amide bonds. The van der Waals surface area contributed by atoms with Gasteiger partial charge in [0.2, 0.25) is 0 Å². The first-order chi connectivity index (χ1) is 8.65. The molecule has 0 aliphatic carbocycles. The second kappa shape index (κ2) is 5.51. The van der Waals surface area contributed by atoms with Gasteiger partial charge in [0.05, 0.1) is 5.56 Å². The lowest BCUT2D eigenvalue weighted by molar-refractivity contribution is 0.0697. The highest BCUT2D eigenvalue weighted by atomic mass is 35.5. The molecular formula is C13H10ClNO3. The van der Waals surface area contributed by atoms with Gasteiger partial charge in [0.1, 0.15) is 17.5 Å². The molecule has 0 spiro atoms. The minimum atomic E-state index is -0.956. The van der Waals surface area contributed by atoms with E-state index in [1.165, 1.54) is 12.1 Å². The van der Waals surface area contributed by atoms with Crippen LogP contribution in [0, 0.1) is 0 Å². The predicted molar refractivity (Wildman–Crippen MR) is 67.0 cm³/mol. The van der Waals surface area contributed by atoms with Crippen molar-refractivity contribution in [3.63, 3.8) is 0 Å². The molecule has 0 unspecified atom stereocenters. The van der Waals surface area contributed by atoms with Gasteiger partial charge in [-0.2, -0.15) is 0 Å². The highest BCUT2D eigenvalue weighted by Gasteiger charge is 2.02. The van der Waals surface area contributed by atoms with Gasteiger partial charge in [-0.1, -0.05) is 11.6 Å². The second-order valence-electron chi connectivity index (χ2n) is 3.61. The summed E-state index contributed by atoms with van der Waals surface area (Å²) in [6.07, 6.45) is 1.61. The number of carboxylic acids is 1. The van der Waals surface area contributed by atoms with E-state index in [-0.39, 0.29) is 5.56 Å². The van der Waals surface area contributed by atoms with Crippen LogP contribution in [0.2, 0.25) is 5.15 Å². The van der Waals surface area contributed by atoms with Crippen LogP contribution in [0.25, 0.3) is 0 Å². The quantitative estimate of drug-likeness (QED) is 0.862. The minimum Gasteiger partial charge on any atom is -0.489 e. The number of carbonyl (C=O) groups is 1. The SMILES string of the molecule is O=C(O)c1ccc(OCc2ccnc(Cl)c2)cc1. The number of hydrogen-bond donors (Lipinski definition) is 1. The van der Waals surface area contributed by atoms with Crippen molar-refractivity contribution in [1.29, 1.82) is 0 Å². The molecule has 4 nitrogen and oxygen atoms in total. The number of aromatic carboxylic acids is 1. The van der Waals surface area contributed by atoms with Gasteiger partial charge in [-0.15, -0.1) is 0 Å². The molecular weight excluding hydrogens is 254 g/mol. The Hall–Kier alpha value is -2.07. The van der Waals surface area contributed by atoms with E-state index in [9.17, 15) is 4.79 Å². The van der Waals surface area contributed by atoms with Gasteiger partial charge in [0.15, 0.2) is 0 Å². The molecule has 92 valence electrons. The molecule has 1 N–H and O–H groups in total. The fourth-order valence-electron chi connectivity index (χ4n) is 1.39. The molecule has 0 aliphatic rings. The average molecular weight is 264 g/mol. The molecule has 0 aliphatic heterocycles. The Labute approximate surface area is 109 Å². The van der Waals surface area contributed by atoms with E-state index < -0.39 is 5.97 Å². The number of aromatic nitrogens is 1. The van der Waals surface area contributed by atoms with Crippen LogP contribution < -0.4 is 4.74 Å². The Morgan fingerprint density at radius 2 is 2.00 bits per heavy atom. The van der Waals surface area contributed by atoms with Crippen LogP contribution in [0.4, 0.5) is 0 Å². The van der Waals surface area contributed by atoms with E-state index in [0.717, 1.165) is 5.56 Å². The topological polar surface area (TPSA) is 59.4 Å². The normalized spacial score (nSPS) is 10.1. The first-order valence-corrected chi connectivity index (χ1v) is 5.59. The minimum absolute atomic E-state index is 0.231. The number of halogens is 1. The zero-order chi connectivity index (χ0) is 13.0. The van der Waals surface area contributed by atoms with Gasteiger partial charge >= 0.3 is 5.97 Å². The maximum absolute atomic E-state index is 10.7. The maximum Gasteiger partial charge on any atom is 0.335 e. The number of rotatable bonds is 4. The molecule has 0 saturated heterocycles. The molecule has 1 heterocycles. The number of pyridine rings is 1. The van der Waals surface area contributed by atoms with Crippen LogP contribution in [-0.4, -0.2) is 16.1 Å². The Bertz CT molecular complexity index is 554. The summed E-state index contributed by atoms with van der Waals surface area (Å²) in [5.41, 5.74) is 1.13. The van der Waals surface area contributed by atoms with Crippen LogP contribution in [0.1, 0.15) is 15.9 Å². The Morgan fingerprint density at radius 3 is 2.61 bits per heavy atom. The number of hydrogen-bond acceptors (Lipinski definition) is 3. The molecule has 2 rings (SSSR count). The molecule has 0 saturated carbocycles. The largest absolute Gasteiger partial charge is 0.489 e. The van der Waals surface area contributed by atoms with Crippen LogP contribution >= 0.6 is 11.6 Å². The summed E-state index contributed by atoms with van der Waals surface area (Å²) in [6, 6.07) is 9.75. The highest BCUT2D eigenvalue weighted by Crippen LogP contribution is 2.15. The van der Waals surface area contributed by atoms with Gasteiger partial charge in [-0.25, -0.2) is 9.78 Å². The van der Waals surface area contributed by atoms with Gasteiger partial charge in [0, 0.05) is 6.20 Å². The molecule has 5 heteroatoms. The van der Waals surface area contributed by atoms with E-state index in [2.05, 4.69) is 4.98 Å². The van der Waals surface area contributed by atoms with Gasteiger partial charge < -0.3 is 9.84 Å². The first kappa shape index (κ1) is 12.4. The van der Waals surface area contributed by atoms with Crippen LogP contribution in [0.15, 0.2) is 42.6 Å². The highest BCUT2D eigenvalue weighted by molar-refractivity contribution is 6.29. The van der Waals surface area contributed by atoms with Crippen molar-refractivity contribution in [2.24, 2.45) is 0 Å². The predicted octanol–water partition coefficient (Wildman–Crippen LogP) is 3.01. The van der Waals surface area contributed by atoms with Crippen molar-refractivity contribution in [1.82, 2.24) is 4.98 Å². The number of carboxylic acid groups (broad SMARTS) is 1. The van der Waals surface area contributed by atoms with E-state index in [1.807, 2.05) is 0 Å². The number of ether oxygens (including phenoxy) is 1. The smallest absolute Gasteiger partial charge is 0.335 e. The Morgan fingerprint density at radius 1 is 1.28 bits per heavy atom. The summed E-state index contributed by atoms with van der Waals surface area (Å²) in [6.45, 7) is 0.356. The fourth-order valence-corrected chi connectivity index (χ4v) is 1.59. The van der Waals surface area contributed by atoms with Gasteiger partial charge in [-0.05, 0) is 42.0 Å². The molecule has 0 bridgehead atoms. The molecule has 0 atom stereocenters. The zero-order valence-corrected chi connectivity index (χ0v) is 10.1. The van der Waals surface area contributed by atoms with E-state index >= 15 is 0 Å². The van der Waals surface area contributed by atoms with Crippen molar-refractivity contribution in [2.45, 2.75) is 6.61 Å². The molecule has 1 aromatic carbocycles. The standard InChI is InChI=1S/C13H10ClNO3/c14-12-7-9(5-6-15-12)8-18-11-3-1-10(2-4-11)13(16)17/h1-7H,8H2,(H,16,17). The Balaban J connectivity index is 2.00. The van der Waals surface area contributed by atoms with Crippen molar-refractivity contribution in [3.05, 3.63) is 58.9 Å². The third kappa shape index (κ3) is 3.21. The lowest BCUT2D eigenvalue weighted by Gasteiger charge is -2.06. The van der Waals surface area contributed by atoms with Crippen LogP contribution in [0.5, 0.6) is 5.75 Å². The number of nitrogens with zero attached hydrogens (tertiary/aromatic N) is 1. The number of benzene rings is 1. The summed E-state index contributed by atoms with van der Waals surface area (Å²) in [5, 5.41) is 9.17. The van der Waals surface area contributed by atoms with Gasteiger partial charge in [-0.3, -0.25) is 0 Å². The van der Waals surface area contributed by atoms with E-state index in [1.54, 1.807) is 30.5 Å². The monoisotopic (exact) mass is 263 g/mol. The lowest BCUT2D eigenvalue weighted by atomic mass is 10.2. The third-order valence-electron chi connectivity index (χ3n) is 2.30. The Kier molecular flexibility index (Phi) is 3.79. The first-order valence-electron chi connectivity index (χ1n) is 5.22. The van der Waals surface area contributed by atoms with Crippen molar-refractivity contribution < 1.29 is 14.6 Å². The van der Waals surface area contributed by atoms with Crippen molar-refractivity contribution >= 4 is 17.6 Å². The second-order valence-corrected chi connectivity index (χ2v) is 3.99. The molecule has 2 aromatic rings. The molecule has 0 fully saturated rings. The van der Waals surface area contributed by atoms with Gasteiger partial charge in [0.25, 0.3) is 0 Å². The molecule has 1 aromatic heterocycles. The summed E-state index contributed by atoms with van der Waals surface area (Å²) in [4.78, 5) is 14.5. The summed E-state index contributed by atoms with van der Waals surface area (Å²) >= 11 is 5.75. The molecule has 18 heavy (non-hydrogen) atoms. The van der Waals surface area contributed by atoms with Crippen molar-refractivity contribution in [3.8, 4) is 5.75 Å². The lowest BCUT2D eigenvalue weighted by Crippen LogP contribution is -1.98. The maximum atomic E-state index is 10.7.